The summed E-state index contributed by atoms with van der Waals surface area (Å²) in [6.45, 7) is 4.21. The number of aliphatic hydroxyl groups excluding tert-OH is 1. The Labute approximate surface area is 248 Å². The van der Waals surface area contributed by atoms with Gasteiger partial charge < -0.3 is 14.3 Å². The summed E-state index contributed by atoms with van der Waals surface area (Å²) in [5.41, 5.74) is 1.33. The third-order valence-electron chi connectivity index (χ3n) is 6.03. The first-order chi connectivity index (χ1) is 19.3. The van der Waals surface area contributed by atoms with E-state index < -0.39 is 23.5 Å². The van der Waals surface area contributed by atoms with Gasteiger partial charge in [0.25, 0.3) is 5.91 Å². The van der Waals surface area contributed by atoms with E-state index in [1.54, 1.807) is 49.4 Å². The van der Waals surface area contributed by atoms with Crippen molar-refractivity contribution in [3.63, 3.8) is 0 Å². The lowest BCUT2D eigenvalue weighted by Crippen LogP contribution is -2.31. The summed E-state index contributed by atoms with van der Waals surface area (Å²) in [6.07, 6.45) is 0.812. The normalized spacial score (nSPS) is 15.2. The van der Waals surface area contributed by atoms with Gasteiger partial charge >= 0.3 is 0 Å². The molecule has 12 heteroatoms. The number of benzene rings is 2. The molecule has 0 fully saturated rings. The van der Waals surface area contributed by atoms with Crippen molar-refractivity contribution in [1.82, 2.24) is 10.2 Å². The van der Waals surface area contributed by atoms with Gasteiger partial charge in [-0.05, 0) is 60.9 Å². The number of anilines is 1. The van der Waals surface area contributed by atoms with Gasteiger partial charge in [-0.25, -0.2) is 0 Å². The van der Waals surface area contributed by atoms with Crippen LogP contribution >= 0.6 is 46.3 Å². The third kappa shape index (κ3) is 5.76. The Hall–Kier alpha value is -3.31. The first-order valence-corrected chi connectivity index (χ1v) is 14.8. The third-order valence-corrected chi connectivity index (χ3v) is 8.72. The number of nitrogens with zero attached hydrogens (tertiary/aromatic N) is 3. The molecule has 0 saturated heterocycles. The Balaban J connectivity index is 1.50. The summed E-state index contributed by atoms with van der Waals surface area (Å²) < 4.78 is 11.9. The molecule has 5 rings (SSSR count). The number of ketones is 1. The maximum absolute atomic E-state index is 13.6. The van der Waals surface area contributed by atoms with Crippen molar-refractivity contribution in [3.05, 3.63) is 98.6 Å². The number of carbonyl (C=O) groups is 2. The number of Topliss-reactive ketones (excluding diaryl/α,β-unsaturated/α-hetero) is 1. The van der Waals surface area contributed by atoms with Crippen LogP contribution in [0.25, 0.3) is 0 Å². The SMILES string of the molecule is CCCOc1cccc(C2C(C(=O)c3ccc(C)o3)=C(O)C(=O)N2c2nnc(SCc3ccc(Cl)cc3Cl)s2)c1. The van der Waals surface area contributed by atoms with E-state index in [0.717, 1.165) is 12.0 Å². The first kappa shape index (κ1) is 28.2. The predicted molar refractivity (Wildman–Crippen MR) is 156 cm³/mol. The Bertz CT molecular complexity index is 1620. The summed E-state index contributed by atoms with van der Waals surface area (Å²) in [7, 11) is 0. The lowest BCUT2D eigenvalue weighted by molar-refractivity contribution is -0.117. The van der Waals surface area contributed by atoms with Crippen LogP contribution in [0.4, 0.5) is 5.13 Å². The maximum atomic E-state index is 13.6. The number of halogens is 2. The number of rotatable bonds is 10. The standard InChI is InChI=1S/C28H23Cl2N3O5S2/c1-3-11-37-19-6-4-5-16(12-19)23-22(24(34)21-10-7-15(2)38-21)25(35)26(36)33(23)27-31-32-28(40-27)39-14-17-8-9-18(29)13-20(17)30/h4-10,12-13,23,35H,3,11,14H2,1-2H3. The zero-order valence-corrected chi connectivity index (χ0v) is 24.5. The molecule has 0 spiro atoms. The Morgan fingerprint density at radius 2 is 2.00 bits per heavy atom. The van der Waals surface area contributed by atoms with Crippen molar-refractivity contribution in [1.29, 1.82) is 0 Å². The Morgan fingerprint density at radius 3 is 2.73 bits per heavy atom. The minimum absolute atomic E-state index is 0.0189. The summed E-state index contributed by atoms with van der Waals surface area (Å²) in [5, 5.41) is 20.8. The molecule has 40 heavy (non-hydrogen) atoms. The van der Waals surface area contributed by atoms with Crippen LogP contribution in [0.2, 0.25) is 10.0 Å². The van der Waals surface area contributed by atoms with Gasteiger partial charge in [0, 0.05) is 15.8 Å². The van der Waals surface area contributed by atoms with Crippen molar-refractivity contribution in [2.75, 3.05) is 11.5 Å². The summed E-state index contributed by atoms with van der Waals surface area (Å²) in [6, 6.07) is 14.5. The highest BCUT2D eigenvalue weighted by Gasteiger charge is 2.46. The molecule has 1 unspecified atom stereocenters. The van der Waals surface area contributed by atoms with E-state index in [2.05, 4.69) is 10.2 Å². The smallest absolute Gasteiger partial charge is 0.296 e. The molecule has 0 aliphatic carbocycles. The molecule has 2 aromatic carbocycles. The fourth-order valence-corrected chi connectivity index (χ4v) is 6.60. The lowest BCUT2D eigenvalue weighted by atomic mass is 9.95. The topological polar surface area (TPSA) is 106 Å². The molecule has 0 saturated carbocycles. The van der Waals surface area contributed by atoms with Crippen LogP contribution in [0, 0.1) is 6.92 Å². The van der Waals surface area contributed by atoms with Crippen LogP contribution in [0.5, 0.6) is 5.75 Å². The van der Waals surface area contributed by atoms with Crippen LogP contribution in [0.1, 0.15) is 46.8 Å². The van der Waals surface area contributed by atoms with E-state index in [1.165, 1.54) is 34.1 Å². The van der Waals surface area contributed by atoms with Gasteiger partial charge in [0.2, 0.25) is 10.9 Å². The van der Waals surface area contributed by atoms with Crippen molar-refractivity contribution >= 4 is 63.1 Å². The number of thioether (sulfide) groups is 1. The molecular weight excluding hydrogens is 593 g/mol. The number of aryl methyl sites for hydroxylation is 1. The quantitative estimate of drug-likeness (QED) is 0.110. The van der Waals surface area contributed by atoms with Gasteiger partial charge in [-0.1, -0.05) is 71.4 Å². The monoisotopic (exact) mass is 615 g/mol. The number of aliphatic hydroxyl groups is 1. The number of carbonyl (C=O) groups excluding carboxylic acids is 2. The second-order valence-electron chi connectivity index (χ2n) is 8.88. The molecule has 1 aliphatic heterocycles. The molecule has 0 radical (unpaired) electrons. The molecule has 1 N–H and O–H groups in total. The van der Waals surface area contributed by atoms with Gasteiger partial charge in [0.15, 0.2) is 15.9 Å². The van der Waals surface area contributed by atoms with Crippen molar-refractivity contribution in [2.45, 2.75) is 36.4 Å². The highest BCUT2D eigenvalue weighted by Crippen LogP contribution is 2.44. The molecule has 2 aromatic heterocycles. The van der Waals surface area contributed by atoms with E-state index in [1.807, 2.05) is 13.0 Å². The van der Waals surface area contributed by atoms with Gasteiger partial charge in [-0.15, -0.1) is 10.2 Å². The molecule has 1 amide bonds. The number of aromatic nitrogens is 2. The van der Waals surface area contributed by atoms with E-state index in [4.69, 9.17) is 32.4 Å². The molecule has 8 nitrogen and oxygen atoms in total. The molecule has 3 heterocycles. The van der Waals surface area contributed by atoms with E-state index >= 15 is 0 Å². The molecule has 1 atom stereocenters. The fourth-order valence-electron chi connectivity index (χ4n) is 4.17. The van der Waals surface area contributed by atoms with E-state index in [0.29, 0.717) is 43.8 Å². The highest BCUT2D eigenvalue weighted by molar-refractivity contribution is 8.00. The van der Waals surface area contributed by atoms with E-state index in [-0.39, 0.29) is 16.5 Å². The summed E-state index contributed by atoms with van der Waals surface area (Å²) in [4.78, 5) is 28.3. The van der Waals surface area contributed by atoms with Gasteiger partial charge in [-0.3, -0.25) is 14.5 Å². The van der Waals surface area contributed by atoms with Crippen LogP contribution in [-0.2, 0) is 10.5 Å². The Kier molecular flexibility index (Phi) is 8.51. The van der Waals surface area contributed by atoms with Crippen molar-refractivity contribution in [2.24, 2.45) is 0 Å². The minimum Gasteiger partial charge on any atom is -0.503 e. The van der Waals surface area contributed by atoms with Crippen LogP contribution in [-0.4, -0.2) is 33.6 Å². The van der Waals surface area contributed by atoms with Crippen LogP contribution < -0.4 is 9.64 Å². The van der Waals surface area contributed by atoms with Gasteiger partial charge in [0.1, 0.15) is 11.5 Å². The van der Waals surface area contributed by atoms with Crippen molar-refractivity contribution < 1.29 is 23.8 Å². The molecular formula is C28H23Cl2N3O5S2. The number of furan rings is 1. The molecule has 1 aliphatic rings. The summed E-state index contributed by atoms with van der Waals surface area (Å²) in [5.74, 6) is -0.390. The molecule has 4 aromatic rings. The summed E-state index contributed by atoms with van der Waals surface area (Å²) >= 11 is 14.9. The number of hydrogen-bond acceptors (Lipinski definition) is 9. The van der Waals surface area contributed by atoms with Crippen LogP contribution in [0.3, 0.4) is 0 Å². The number of ether oxygens (including phenoxy) is 1. The maximum Gasteiger partial charge on any atom is 0.296 e. The number of hydrogen-bond donors (Lipinski definition) is 1. The average Bonchev–Trinajstić information content (AvgIpc) is 3.65. The number of amides is 1. The van der Waals surface area contributed by atoms with Crippen molar-refractivity contribution in [3.8, 4) is 5.75 Å². The molecule has 206 valence electrons. The zero-order valence-electron chi connectivity index (χ0n) is 21.4. The van der Waals surface area contributed by atoms with Crippen LogP contribution in [0.15, 0.2) is 74.7 Å². The van der Waals surface area contributed by atoms with Gasteiger partial charge in [0.05, 0.1) is 18.2 Å². The molecule has 0 bridgehead atoms. The zero-order chi connectivity index (χ0) is 28.4. The van der Waals surface area contributed by atoms with E-state index in [9.17, 15) is 14.7 Å². The minimum atomic E-state index is -0.980. The predicted octanol–water partition coefficient (Wildman–Crippen LogP) is 7.61. The average molecular weight is 617 g/mol. The van der Waals surface area contributed by atoms with Gasteiger partial charge in [-0.2, -0.15) is 0 Å². The fraction of sp³-hybridized carbons (Fsp3) is 0.214. The second-order valence-corrected chi connectivity index (χ2v) is 11.9. The highest BCUT2D eigenvalue weighted by atomic mass is 35.5. The second kappa shape index (κ2) is 12.1. The first-order valence-electron chi connectivity index (χ1n) is 12.3. The lowest BCUT2D eigenvalue weighted by Gasteiger charge is -2.24. The Morgan fingerprint density at radius 1 is 1.18 bits per heavy atom. The largest absolute Gasteiger partial charge is 0.503 e.